The summed E-state index contributed by atoms with van der Waals surface area (Å²) in [5.41, 5.74) is 14.0. The quantitative estimate of drug-likeness (QED) is 0.117. The van der Waals surface area contributed by atoms with E-state index in [1.54, 1.807) is 24.3 Å². The summed E-state index contributed by atoms with van der Waals surface area (Å²) < 4.78 is 194. The number of fused-ring (bicyclic) bond motifs is 16. The van der Waals surface area contributed by atoms with E-state index in [-0.39, 0.29) is 39.6 Å². The van der Waals surface area contributed by atoms with Crippen molar-refractivity contribution in [2.24, 2.45) is 0 Å². The minimum Gasteiger partial charge on any atom is -0.457 e. The highest BCUT2D eigenvalue weighted by Crippen LogP contribution is 2.56. The third-order valence-corrected chi connectivity index (χ3v) is 26.9. The van der Waals surface area contributed by atoms with Gasteiger partial charge in [0.15, 0.2) is 0 Å². The number of ether oxygens (including phenoxy) is 2. The predicted octanol–water partition coefficient (Wildman–Crippen LogP) is 22.2. The summed E-state index contributed by atoms with van der Waals surface area (Å²) in [6, 6.07) is 53.7. The van der Waals surface area contributed by atoms with Gasteiger partial charge in [-0.05, 0) is 301 Å². The van der Waals surface area contributed by atoms with Crippen molar-refractivity contribution in [3.63, 3.8) is 0 Å². The summed E-state index contributed by atoms with van der Waals surface area (Å²) >= 11 is 2.55. The maximum absolute atomic E-state index is 18.4. The van der Waals surface area contributed by atoms with Gasteiger partial charge < -0.3 is 29.1 Å². The van der Waals surface area contributed by atoms with Gasteiger partial charge in [0.25, 0.3) is 20.1 Å². The van der Waals surface area contributed by atoms with E-state index in [0.29, 0.717) is 119 Å². The first-order valence-corrected chi connectivity index (χ1v) is 40.4. The molecule has 8 heterocycles. The average Bonchev–Trinajstić information content (AvgIpc) is 0.867. The SMILES string of the molecule is Cc1cc(C)c(-c2cc3c4c(c2)N(c2c(F)cccc2F)c2cc5c(cc2B4c2sc4cc(F)ccc4c2O3)B2c3cc4c(cc3N(c3c(F)cccc3F)c3cc(-c6c(C)cc(C)cc6C)cc(c32)N5c2c(F)cccc2F)N(c2c(F)cccc2F)c2cc(-c3c(C)cc(C)cc3C)cc3c2B4c2sc4cc(F)ccc4c2O3)c(C)c1. The lowest BCUT2D eigenvalue weighted by Crippen LogP contribution is -2.66. The fraction of sp³-hybridized carbons (Fsp3) is 0.0928. The molecule has 0 saturated carbocycles. The minimum atomic E-state index is -1.22. The van der Waals surface area contributed by atoms with E-state index in [4.69, 9.17) is 9.47 Å². The second kappa shape index (κ2) is 25.6. The molecule has 0 saturated heterocycles. The molecule has 0 radical (unpaired) electrons. The highest BCUT2D eigenvalue weighted by Gasteiger charge is 2.53. The molecule has 572 valence electrons. The molecule has 6 aliphatic rings. The molecule has 21 heteroatoms. The second-order valence-corrected chi connectivity index (χ2v) is 34.2. The first-order valence-electron chi connectivity index (χ1n) is 38.7. The molecular weight excluding hydrogens is 1540 g/mol. The van der Waals surface area contributed by atoms with Crippen molar-refractivity contribution in [3.8, 4) is 56.4 Å². The van der Waals surface area contributed by atoms with E-state index in [0.717, 1.165) is 110 Å². The monoisotopic (exact) mass is 1600 g/mol. The van der Waals surface area contributed by atoms with Crippen LogP contribution in [-0.2, 0) is 0 Å². The Bertz CT molecular complexity index is 6760. The van der Waals surface area contributed by atoms with E-state index in [1.165, 1.54) is 90.8 Å². The first kappa shape index (κ1) is 71.8. The molecule has 14 aromatic carbocycles. The van der Waals surface area contributed by atoms with Gasteiger partial charge in [0.05, 0.1) is 0 Å². The molecule has 16 aromatic rings. The van der Waals surface area contributed by atoms with Crippen molar-refractivity contribution in [1.82, 2.24) is 0 Å². The van der Waals surface area contributed by atoms with Gasteiger partial charge in [-0.1, -0.05) is 89.5 Å². The van der Waals surface area contributed by atoms with Crippen LogP contribution >= 0.6 is 22.7 Å². The van der Waals surface area contributed by atoms with Crippen molar-refractivity contribution in [1.29, 1.82) is 0 Å². The third-order valence-electron chi connectivity index (χ3n) is 24.5. The number of aryl methyl sites for hydroxylation is 9. The molecule has 0 atom stereocenters. The number of hydrogen-bond acceptors (Lipinski definition) is 8. The van der Waals surface area contributed by atoms with E-state index in [2.05, 4.69) is 24.3 Å². The largest absolute Gasteiger partial charge is 0.457 e. The number of halogens is 10. The van der Waals surface area contributed by atoms with Crippen LogP contribution in [0.1, 0.15) is 50.1 Å². The Kier molecular flexibility index (Phi) is 15.6. The Morgan fingerprint density at radius 3 is 0.839 bits per heavy atom. The average molecular weight is 1600 g/mol. The van der Waals surface area contributed by atoms with Crippen LogP contribution < -0.4 is 76.9 Å². The van der Waals surface area contributed by atoms with Crippen LogP contribution in [0, 0.1) is 120 Å². The fourth-order valence-corrected chi connectivity index (χ4v) is 23.0. The molecule has 118 heavy (non-hydrogen) atoms. The van der Waals surface area contributed by atoms with Crippen LogP contribution in [-0.4, -0.2) is 20.1 Å². The van der Waals surface area contributed by atoms with Crippen molar-refractivity contribution in [2.75, 3.05) is 19.6 Å². The predicted molar refractivity (Wildman–Crippen MR) is 461 cm³/mol. The van der Waals surface area contributed by atoms with Crippen molar-refractivity contribution in [3.05, 3.63) is 314 Å². The molecule has 2 aromatic heterocycles. The topological polar surface area (TPSA) is 31.4 Å². The first-order chi connectivity index (χ1) is 56.8. The molecule has 6 nitrogen and oxygen atoms in total. The smallest absolute Gasteiger partial charge is 0.268 e. The molecule has 0 bridgehead atoms. The number of benzene rings is 14. The lowest BCUT2D eigenvalue weighted by Gasteiger charge is -2.47. The normalized spacial score (nSPS) is 13.6. The molecule has 0 N–H and O–H groups in total. The minimum absolute atomic E-state index is 0.101. The molecular formula is C97H61B3F10N4O2S2. The lowest BCUT2D eigenvalue weighted by atomic mass is 9.30. The van der Waals surface area contributed by atoms with E-state index in [1.807, 2.05) is 123 Å². The number of hydrogen-bond donors (Lipinski definition) is 0. The van der Waals surface area contributed by atoms with E-state index in [9.17, 15) is 0 Å². The van der Waals surface area contributed by atoms with Gasteiger partial charge in [-0.3, -0.25) is 0 Å². The molecule has 0 fully saturated rings. The van der Waals surface area contributed by atoms with Crippen molar-refractivity contribution >= 4 is 179 Å². The Morgan fingerprint density at radius 2 is 0.542 bits per heavy atom. The van der Waals surface area contributed by atoms with Gasteiger partial charge in [0.2, 0.25) is 0 Å². The number of nitrogens with zero attached hydrogens (tertiary/aromatic N) is 4. The summed E-state index contributed by atoms with van der Waals surface area (Å²) in [4.78, 5) is 5.94. The molecule has 0 unspecified atom stereocenters. The van der Waals surface area contributed by atoms with E-state index < -0.39 is 101 Å². The van der Waals surface area contributed by atoms with Crippen molar-refractivity contribution in [2.45, 2.75) is 62.3 Å². The maximum Gasteiger partial charge on any atom is 0.268 e. The zero-order chi connectivity index (χ0) is 81.1. The lowest BCUT2D eigenvalue weighted by molar-refractivity contribution is 0.494. The van der Waals surface area contributed by atoms with Gasteiger partial charge in [-0.15, -0.1) is 22.7 Å². The van der Waals surface area contributed by atoms with Crippen LogP contribution in [0.2, 0.25) is 0 Å². The van der Waals surface area contributed by atoms with Crippen LogP contribution in [0.15, 0.2) is 206 Å². The maximum atomic E-state index is 18.4. The Morgan fingerprint density at radius 1 is 0.271 bits per heavy atom. The summed E-state index contributed by atoms with van der Waals surface area (Å²) in [5.74, 6) is -7.54. The zero-order valence-corrected chi connectivity index (χ0v) is 66.2. The van der Waals surface area contributed by atoms with Crippen LogP contribution in [0.4, 0.5) is 112 Å². The highest BCUT2D eigenvalue weighted by atomic mass is 32.1. The van der Waals surface area contributed by atoms with Gasteiger partial charge in [0, 0.05) is 75.2 Å². The van der Waals surface area contributed by atoms with Gasteiger partial charge in [-0.2, -0.15) is 0 Å². The van der Waals surface area contributed by atoms with E-state index >= 15 is 43.9 Å². The fourth-order valence-electron chi connectivity index (χ4n) is 20.5. The molecule has 0 aliphatic carbocycles. The molecule has 6 aliphatic heterocycles. The molecule has 0 spiro atoms. The number of anilines is 12. The van der Waals surface area contributed by atoms with Gasteiger partial charge in [0.1, 0.15) is 104 Å². The second-order valence-electron chi connectivity index (χ2n) is 32.0. The zero-order valence-electron chi connectivity index (χ0n) is 64.6. The number of para-hydroxylation sites is 4. The van der Waals surface area contributed by atoms with Gasteiger partial charge in [-0.25, -0.2) is 43.9 Å². The summed E-state index contributed by atoms with van der Waals surface area (Å²) in [6.45, 7) is 14.7. The molecule has 22 rings (SSSR count). The number of thiophene rings is 2. The van der Waals surface area contributed by atoms with Crippen LogP contribution in [0.3, 0.4) is 0 Å². The standard InChI is InChI=1S/C97H61B3F10N4O2S2/c1-44-26-47(4)84(48(5)27-44)53-32-76-87-77(33-53)112(91-66(105)16-11-17-67(91)106)73-43-75-63(100-89-79(114(75)93-70(109)20-13-21-71(93)110)35-55(86-51(8)30-46(3)31-52(86)9)37-81(89)116-95-59-25-23-57(102)39-83(59)118-97(95)100)41-61(73)98(87)60-40-62-74(42-72(60)111(76)90-64(103)14-10-15-65(90)104)113(92-68(107)18-12-19-69(92)108)78-34-54(85-49(6)28-45(2)29-50(85)7)36-80-88(78)99(62)96-94(115-80)58-24-22-56(101)38-82(58)117-96/h10-43H,1-9H3. The molecule has 0 amide bonds. The summed E-state index contributed by atoms with van der Waals surface area (Å²) in [6.07, 6.45) is 0. The highest BCUT2D eigenvalue weighted by molar-refractivity contribution is 7.34. The van der Waals surface area contributed by atoms with Crippen molar-refractivity contribution < 1.29 is 53.4 Å². The Balaban J connectivity index is 0.926. The van der Waals surface area contributed by atoms with Gasteiger partial charge >= 0.3 is 0 Å². The summed E-state index contributed by atoms with van der Waals surface area (Å²) in [5, 5.41) is 1.16. The Hall–Kier alpha value is -12.7. The van der Waals surface area contributed by atoms with Crippen LogP contribution in [0.5, 0.6) is 23.0 Å². The third kappa shape index (κ3) is 10.2. The Labute approximate surface area is 680 Å². The number of rotatable bonds is 7. The summed E-state index contributed by atoms with van der Waals surface area (Å²) in [7, 11) is 0. The van der Waals surface area contributed by atoms with Crippen LogP contribution in [0.25, 0.3) is 53.6 Å².